The number of carboxylic acid groups (broad SMARTS) is 8. The Kier molecular flexibility index (Phi) is 70.4. The van der Waals surface area contributed by atoms with Crippen LogP contribution in [0.3, 0.4) is 0 Å². The molecule has 1 unspecified atom stereocenters. The Bertz CT molecular complexity index is 4410. The molecule has 1 fully saturated rings. The third-order valence-corrected chi connectivity index (χ3v) is 22.8. The first-order chi connectivity index (χ1) is 70.8. The highest BCUT2D eigenvalue weighted by atomic mass is 127. The number of thiocarbonyl (C=S) groups is 1. The molecule has 0 saturated carbocycles. The minimum atomic E-state index is -1.54. The Morgan fingerprint density at radius 1 is 0.388 bits per heavy atom. The number of anilines is 2. The molecule has 3 aromatic rings. The van der Waals surface area contributed by atoms with Crippen LogP contribution in [0.4, 0.5) is 21.0 Å². The van der Waals surface area contributed by atoms with Gasteiger partial charge < -0.3 is 151 Å². The van der Waals surface area contributed by atoms with Gasteiger partial charge in [0, 0.05) is 137 Å². The van der Waals surface area contributed by atoms with Crippen LogP contribution in [0, 0.1) is 9.10 Å². The Morgan fingerprint density at radius 2 is 0.810 bits per heavy atom. The third-order valence-electron chi connectivity index (χ3n) is 21.8. The number of urea groups is 2. The summed E-state index contributed by atoms with van der Waals surface area (Å²) in [6, 6.07) is 14.9. The fourth-order valence-electron chi connectivity index (χ4n) is 14.3. The van der Waals surface area contributed by atoms with Gasteiger partial charge in [-0.15, -0.1) is 0 Å². The Morgan fingerprint density at radius 3 is 1.29 bits per heavy atom. The molecule has 4 rings (SSSR count). The molecule has 824 valence electrons. The Labute approximate surface area is 873 Å². The third kappa shape index (κ3) is 66.7. The van der Waals surface area contributed by atoms with Gasteiger partial charge in [-0.1, -0.05) is 36.4 Å². The number of nitrogens with zero attached hydrogens (tertiary/aromatic N) is 5. The molecule has 1 heterocycles. The number of ether oxygens (including phenoxy) is 11. The lowest BCUT2D eigenvalue weighted by atomic mass is 10.0. The first-order valence-corrected chi connectivity index (χ1v) is 50.4. The van der Waals surface area contributed by atoms with E-state index in [1.54, 1.807) is 56.0 Å². The number of carbonyl (C=O) groups is 14. The summed E-state index contributed by atoms with van der Waals surface area (Å²) in [6.07, 6.45) is 5.79. The average molecular weight is 2220 g/mol. The fourth-order valence-corrected chi connectivity index (χ4v) is 14.8. The maximum atomic E-state index is 13.4. The zero-order valence-corrected chi connectivity index (χ0v) is 86.1. The monoisotopic (exact) mass is 2210 g/mol. The Balaban J connectivity index is 0.977. The van der Waals surface area contributed by atoms with Crippen LogP contribution >= 0.6 is 34.8 Å². The highest BCUT2D eigenvalue weighted by Crippen LogP contribution is 2.22. The van der Waals surface area contributed by atoms with Gasteiger partial charge in [0.1, 0.15) is 29.9 Å². The van der Waals surface area contributed by atoms with Crippen LogP contribution in [-0.4, -0.2) is 429 Å². The number of nitrogens with one attached hydrogen (secondary N) is 12. The van der Waals surface area contributed by atoms with Crippen molar-refractivity contribution in [1.29, 1.82) is 5.53 Å². The minimum absolute atomic E-state index is 0.0152. The van der Waals surface area contributed by atoms with E-state index in [1.165, 1.54) is 6.20 Å². The zero-order chi connectivity index (χ0) is 107. The number of carboxylic acids is 8. The van der Waals surface area contributed by atoms with Gasteiger partial charge in [-0.25, -0.2) is 29.5 Å². The summed E-state index contributed by atoms with van der Waals surface area (Å²) in [5, 5.41) is 110. The van der Waals surface area contributed by atoms with Crippen molar-refractivity contribution in [3.63, 3.8) is 0 Å². The lowest BCUT2D eigenvalue weighted by Gasteiger charge is -2.37. The standard InChI is InChI=1S/C95H148IN17O33S/c96-72-20-16-69(17-21-72)9-7-15-81(114)99-28-4-1-12-76(105-82(115)26-39-136-43-47-140-49-45-138-41-31-98-63-80(109-97)71-10-8-11-74(62-71)103-93(134)101-29-5-2-14-78(91(130)131)107-94(135)108-79(92(132)133)24-25-84(117)118)89(127)100-32-42-139-46-50-142-52-54-144-56-58-146-60-59-145-57-55-143-53-51-141-48-44-137-40-27-83(116)106-77(90(128)129)13-3-6-30-102-95(147)104-73-22-18-70(19-23-73)61-75-64-112(67-87(123)124)36-35-110(65-85(119)120)33-34-111(66-86(121)122)37-38-113(75)68-88(125)126/h8,10-11,16-23,62-63,75-79,97-98H,1-7,9,12-15,24-61,64-68H2,(H,99,114)(H,100,127)(H,105,115)(H,106,116)(H,117,118)(H,119,120)(H,121,122)(H,123,124)(H,125,126)(H,128,129)(H,130,131)(H,132,133)(H2,101,103,134)(H2,102,104,147)(H2,107,108,135)/b80-63-,109-97?/t75?,76-,77-,78-,79-/m0/s1. The van der Waals surface area contributed by atoms with Gasteiger partial charge in [0.05, 0.1) is 172 Å². The van der Waals surface area contributed by atoms with Crippen LogP contribution in [0.5, 0.6) is 0 Å². The number of hydrogen-bond acceptors (Lipinski definition) is 33. The summed E-state index contributed by atoms with van der Waals surface area (Å²) in [7, 11) is 0. The molecule has 0 aliphatic carbocycles. The molecule has 5 atom stereocenters. The molecule has 0 bridgehead atoms. The quantitative estimate of drug-likeness (QED) is 0.0167. The molecular weight excluding hydrogens is 2070 g/mol. The molecule has 52 heteroatoms. The highest BCUT2D eigenvalue weighted by Gasteiger charge is 2.31. The van der Waals surface area contributed by atoms with Crippen molar-refractivity contribution in [3.8, 4) is 0 Å². The van der Waals surface area contributed by atoms with Gasteiger partial charge in [0.15, 0.2) is 5.11 Å². The van der Waals surface area contributed by atoms with E-state index in [9.17, 15) is 103 Å². The minimum Gasteiger partial charge on any atom is -0.481 e. The predicted molar refractivity (Wildman–Crippen MR) is 545 cm³/mol. The number of benzene rings is 3. The summed E-state index contributed by atoms with van der Waals surface area (Å²) >= 11 is 7.75. The normalized spacial score (nSPS) is 14.2. The van der Waals surface area contributed by atoms with Gasteiger partial charge in [0.25, 0.3) is 0 Å². The van der Waals surface area contributed by atoms with Crippen molar-refractivity contribution in [1.82, 2.24) is 67.5 Å². The maximum Gasteiger partial charge on any atom is 0.326 e. The number of aliphatic carboxylic acids is 8. The molecule has 1 saturated heterocycles. The molecule has 0 radical (unpaired) electrons. The van der Waals surface area contributed by atoms with Gasteiger partial charge in [-0.05, 0) is 166 Å². The second-order valence-electron chi connectivity index (χ2n) is 33.6. The summed E-state index contributed by atoms with van der Waals surface area (Å²) in [4.78, 5) is 177. The van der Waals surface area contributed by atoms with E-state index in [0.29, 0.717) is 159 Å². The summed E-state index contributed by atoms with van der Waals surface area (Å²) < 4.78 is 62.6. The van der Waals surface area contributed by atoms with Gasteiger partial charge in [0.2, 0.25) is 23.6 Å². The van der Waals surface area contributed by atoms with E-state index in [1.807, 2.05) is 24.3 Å². The van der Waals surface area contributed by atoms with Crippen molar-refractivity contribution >= 4 is 140 Å². The molecule has 0 aromatic heterocycles. The van der Waals surface area contributed by atoms with Gasteiger partial charge >= 0.3 is 59.8 Å². The molecule has 3 aromatic carbocycles. The average Bonchev–Trinajstić information content (AvgIpc) is 0.850. The van der Waals surface area contributed by atoms with E-state index in [0.717, 1.165) is 21.1 Å². The molecular formula is C95H148IN17O33S. The lowest BCUT2D eigenvalue weighted by molar-refractivity contribution is -0.142. The van der Waals surface area contributed by atoms with Crippen molar-refractivity contribution in [2.75, 3.05) is 261 Å². The zero-order valence-electron chi connectivity index (χ0n) is 83.1. The maximum absolute atomic E-state index is 13.4. The molecule has 0 spiro atoms. The van der Waals surface area contributed by atoms with E-state index in [-0.39, 0.29) is 220 Å². The van der Waals surface area contributed by atoms with Crippen molar-refractivity contribution < 1.29 is 160 Å². The number of halogens is 1. The molecule has 1 aliphatic heterocycles. The number of amides is 8. The smallest absolute Gasteiger partial charge is 0.326 e. The van der Waals surface area contributed by atoms with Crippen molar-refractivity contribution in [2.24, 2.45) is 5.11 Å². The topological polar surface area (TPSA) is 684 Å². The number of carbonyl (C=O) groups excluding carboxylic acids is 6. The van der Waals surface area contributed by atoms with Crippen LogP contribution in [0.2, 0.25) is 0 Å². The molecule has 20 N–H and O–H groups in total. The molecule has 50 nitrogen and oxygen atoms in total. The summed E-state index contributed by atoms with van der Waals surface area (Å²) in [5.74, 6) is -11.0. The van der Waals surface area contributed by atoms with Gasteiger partial charge in [-0.2, -0.15) is 5.11 Å². The fraction of sp³-hybridized carbons (Fsp3) is 0.632. The summed E-state index contributed by atoms with van der Waals surface area (Å²) in [5.41, 5.74) is 11.5. The SMILES string of the molecule is N=N/C(=C\NCCOCCOCCOCCC(=O)N[C@@H](CCCCNC(=O)CCCc1ccc(I)cc1)C(=O)NCCOCCOCCOCCOCCOCCOCCOCCOCCC(=O)N[C@@H](CCCCNC(=S)Nc1ccc(CC2CN(CC(=O)O)CCN(CC(=O)O)CCN(CC(=O)O)CCN2CC(=O)O)cc1)C(=O)O)c1cccc(NC(=O)NCCCC[C@H](NC(=O)N[C@@H](CCC(=O)O)C(=O)O)C(=O)O)c1. The first kappa shape index (κ1) is 128. The number of aryl methyl sites for hydroxylation is 1. The van der Waals surface area contributed by atoms with E-state index in [2.05, 4.69) is 98.3 Å². The predicted octanol–water partition coefficient (Wildman–Crippen LogP) is 2.64. The van der Waals surface area contributed by atoms with Crippen LogP contribution in [0.1, 0.15) is 113 Å². The Hall–Kier alpha value is -11.2. The second-order valence-corrected chi connectivity index (χ2v) is 35.2. The van der Waals surface area contributed by atoms with E-state index in [4.69, 9.17) is 75.0 Å². The van der Waals surface area contributed by atoms with E-state index >= 15 is 0 Å². The van der Waals surface area contributed by atoms with Crippen LogP contribution < -0.4 is 58.5 Å². The lowest BCUT2D eigenvalue weighted by Crippen LogP contribution is -2.53. The van der Waals surface area contributed by atoms with Gasteiger partial charge in [-0.3, -0.25) is 62.8 Å². The first-order valence-electron chi connectivity index (χ1n) is 48.9. The highest BCUT2D eigenvalue weighted by molar-refractivity contribution is 14.1. The molecule has 8 amide bonds. The van der Waals surface area contributed by atoms with E-state index < -0.39 is 115 Å². The van der Waals surface area contributed by atoms with Crippen molar-refractivity contribution in [2.45, 2.75) is 139 Å². The van der Waals surface area contributed by atoms with Crippen LogP contribution in [0.25, 0.3) is 5.70 Å². The largest absolute Gasteiger partial charge is 0.481 e. The number of rotatable bonds is 84. The molecule has 1 aliphatic rings. The summed E-state index contributed by atoms with van der Waals surface area (Å²) in [6.45, 7) is 7.08. The molecule has 147 heavy (non-hydrogen) atoms. The number of hydrogen-bond donors (Lipinski definition) is 20. The number of unbranched alkanes of at least 4 members (excludes halogenated alkanes) is 3. The van der Waals surface area contributed by atoms with Crippen LogP contribution in [0.15, 0.2) is 84.1 Å². The van der Waals surface area contributed by atoms with Crippen LogP contribution in [-0.2, 0) is 122 Å². The second kappa shape index (κ2) is 80.8. The van der Waals surface area contributed by atoms with Crippen molar-refractivity contribution in [3.05, 3.63) is 99.3 Å².